The molecule has 2 rings (SSSR count). The van der Waals surface area contributed by atoms with Gasteiger partial charge in [0.15, 0.2) is 0 Å². The fourth-order valence-electron chi connectivity index (χ4n) is 1.60. The Hall–Kier alpha value is -1.42. The van der Waals surface area contributed by atoms with Crippen LogP contribution in [0.25, 0.3) is 0 Å². The van der Waals surface area contributed by atoms with E-state index in [0.29, 0.717) is 6.04 Å². The molecule has 1 saturated carbocycles. The molecule has 0 radical (unpaired) electrons. The number of nitro groups is 1. The lowest BCUT2D eigenvalue weighted by molar-refractivity contribution is -0.385. The van der Waals surface area contributed by atoms with Gasteiger partial charge in [-0.1, -0.05) is 12.1 Å². The zero-order valence-electron chi connectivity index (χ0n) is 8.69. The normalized spacial score (nSPS) is 15.3. The third-order valence-electron chi connectivity index (χ3n) is 2.77. The average molecular weight is 206 g/mol. The summed E-state index contributed by atoms with van der Waals surface area (Å²) in [5.74, 6) is 0. The first-order chi connectivity index (χ1) is 7.18. The van der Waals surface area contributed by atoms with Crippen LogP contribution in [0.15, 0.2) is 18.2 Å². The standard InChI is InChI=1S/C11H14N2O2/c1-8-9(7-12-10-5-6-10)3-2-4-11(8)13(14)15/h2-4,10,12H,5-7H2,1H3. The number of nitro benzene ring substituents is 1. The first-order valence-corrected chi connectivity index (χ1v) is 5.15. The van der Waals surface area contributed by atoms with Crippen LogP contribution in [0.5, 0.6) is 0 Å². The highest BCUT2D eigenvalue weighted by atomic mass is 16.6. The molecule has 1 aliphatic rings. The molecule has 0 amide bonds. The monoisotopic (exact) mass is 206 g/mol. The molecule has 0 bridgehead atoms. The van der Waals surface area contributed by atoms with Gasteiger partial charge in [0.1, 0.15) is 0 Å². The summed E-state index contributed by atoms with van der Waals surface area (Å²) in [6.07, 6.45) is 2.46. The van der Waals surface area contributed by atoms with Crippen molar-refractivity contribution < 1.29 is 4.92 Å². The molecule has 1 aromatic carbocycles. The zero-order chi connectivity index (χ0) is 10.8. The van der Waals surface area contributed by atoms with Crippen LogP contribution in [0.2, 0.25) is 0 Å². The summed E-state index contributed by atoms with van der Waals surface area (Å²) in [6.45, 7) is 2.54. The first kappa shape index (κ1) is 10.1. The summed E-state index contributed by atoms with van der Waals surface area (Å²) in [5.41, 5.74) is 2.01. The Kier molecular flexibility index (Phi) is 2.68. The minimum Gasteiger partial charge on any atom is -0.310 e. The Bertz CT molecular complexity index is 386. The van der Waals surface area contributed by atoms with Crippen molar-refractivity contribution in [1.29, 1.82) is 0 Å². The number of nitrogens with one attached hydrogen (secondary N) is 1. The number of rotatable bonds is 4. The third kappa shape index (κ3) is 2.33. The van der Waals surface area contributed by atoms with Crippen molar-refractivity contribution in [1.82, 2.24) is 5.32 Å². The fraction of sp³-hybridized carbons (Fsp3) is 0.455. The van der Waals surface area contributed by atoms with Gasteiger partial charge in [-0.25, -0.2) is 0 Å². The van der Waals surface area contributed by atoms with Crippen LogP contribution < -0.4 is 5.32 Å². The Labute approximate surface area is 88.5 Å². The van der Waals surface area contributed by atoms with E-state index in [0.717, 1.165) is 17.7 Å². The molecule has 0 aliphatic heterocycles. The van der Waals surface area contributed by atoms with E-state index in [4.69, 9.17) is 0 Å². The van der Waals surface area contributed by atoms with Crippen molar-refractivity contribution in [3.8, 4) is 0 Å². The minimum absolute atomic E-state index is 0.213. The van der Waals surface area contributed by atoms with Gasteiger partial charge in [-0.2, -0.15) is 0 Å². The predicted molar refractivity (Wildman–Crippen MR) is 57.7 cm³/mol. The van der Waals surface area contributed by atoms with E-state index >= 15 is 0 Å². The zero-order valence-corrected chi connectivity index (χ0v) is 8.69. The maximum atomic E-state index is 10.7. The van der Waals surface area contributed by atoms with E-state index in [2.05, 4.69) is 5.32 Å². The Morgan fingerprint density at radius 1 is 1.53 bits per heavy atom. The number of hydrogen-bond acceptors (Lipinski definition) is 3. The summed E-state index contributed by atoms with van der Waals surface area (Å²) in [7, 11) is 0. The second-order valence-corrected chi connectivity index (χ2v) is 3.97. The molecule has 80 valence electrons. The predicted octanol–water partition coefficient (Wildman–Crippen LogP) is 2.16. The lowest BCUT2D eigenvalue weighted by Crippen LogP contribution is -2.16. The van der Waals surface area contributed by atoms with Crippen LogP contribution in [-0.4, -0.2) is 11.0 Å². The van der Waals surface area contributed by atoms with Crippen molar-refractivity contribution in [3.05, 3.63) is 39.4 Å². The summed E-state index contributed by atoms with van der Waals surface area (Å²) in [4.78, 5) is 10.4. The van der Waals surface area contributed by atoms with Gasteiger partial charge in [-0.05, 0) is 25.3 Å². The maximum Gasteiger partial charge on any atom is 0.272 e. The Balaban J connectivity index is 2.14. The summed E-state index contributed by atoms with van der Waals surface area (Å²) in [5, 5.41) is 14.1. The molecule has 0 heterocycles. The van der Waals surface area contributed by atoms with Crippen molar-refractivity contribution >= 4 is 5.69 Å². The van der Waals surface area contributed by atoms with Gasteiger partial charge in [0.05, 0.1) is 4.92 Å². The Morgan fingerprint density at radius 3 is 2.87 bits per heavy atom. The van der Waals surface area contributed by atoms with Crippen molar-refractivity contribution in [2.75, 3.05) is 0 Å². The van der Waals surface area contributed by atoms with Crippen LogP contribution in [0.1, 0.15) is 24.0 Å². The number of hydrogen-bond donors (Lipinski definition) is 1. The molecule has 0 saturated heterocycles. The third-order valence-corrected chi connectivity index (χ3v) is 2.77. The lowest BCUT2D eigenvalue weighted by atomic mass is 10.1. The highest BCUT2D eigenvalue weighted by Crippen LogP contribution is 2.23. The molecule has 1 fully saturated rings. The van der Waals surface area contributed by atoms with E-state index in [1.807, 2.05) is 13.0 Å². The topological polar surface area (TPSA) is 55.2 Å². The molecule has 15 heavy (non-hydrogen) atoms. The van der Waals surface area contributed by atoms with Crippen LogP contribution in [-0.2, 0) is 6.54 Å². The molecule has 0 aromatic heterocycles. The molecule has 1 aromatic rings. The molecular formula is C11H14N2O2. The minimum atomic E-state index is -0.323. The van der Waals surface area contributed by atoms with Crippen molar-refractivity contribution in [3.63, 3.8) is 0 Å². The highest BCUT2D eigenvalue weighted by Gasteiger charge is 2.21. The van der Waals surface area contributed by atoms with E-state index in [1.165, 1.54) is 12.8 Å². The largest absolute Gasteiger partial charge is 0.310 e. The van der Waals surface area contributed by atoms with Gasteiger partial charge in [-0.3, -0.25) is 10.1 Å². The summed E-state index contributed by atoms with van der Waals surface area (Å²) >= 11 is 0. The summed E-state index contributed by atoms with van der Waals surface area (Å²) in [6, 6.07) is 5.87. The van der Waals surface area contributed by atoms with Crippen molar-refractivity contribution in [2.45, 2.75) is 32.4 Å². The van der Waals surface area contributed by atoms with Crippen molar-refractivity contribution in [2.24, 2.45) is 0 Å². The van der Waals surface area contributed by atoms with E-state index in [-0.39, 0.29) is 10.6 Å². The van der Waals surface area contributed by atoms with Gasteiger partial charge in [0.25, 0.3) is 5.69 Å². The van der Waals surface area contributed by atoms with E-state index in [9.17, 15) is 10.1 Å². The highest BCUT2D eigenvalue weighted by molar-refractivity contribution is 5.44. The lowest BCUT2D eigenvalue weighted by Gasteiger charge is -2.06. The van der Waals surface area contributed by atoms with Crippen LogP contribution in [0.3, 0.4) is 0 Å². The molecular weight excluding hydrogens is 192 g/mol. The molecule has 0 unspecified atom stereocenters. The van der Waals surface area contributed by atoms with Gasteiger partial charge in [0.2, 0.25) is 0 Å². The second kappa shape index (κ2) is 3.98. The molecule has 4 nitrogen and oxygen atoms in total. The summed E-state index contributed by atoms with van der Waals surface area (Å²) < 4.78 is 0. The van der Waals surface area contributed by atoms with Crippen LogP contribution in [0, 0.1) is 17.0 Å². The number of nitrogens with zero attached hydrogens (tertiary/aromatic N) is 1. The van der Waals surface area contributed by atoms with Gasteiger partial charge < -0.3 is 5.32 Å². The molecule has 0 spiro atoms. The fourth-order valence-corrected chi connectivity index (χ4v) is 1.60. The molecule has 0 atom stereocenters. The van der Waals surface area contributed by atoms with Gasteiger partial charge >= 0.3 is 0 Å². The van der Waals surface area contributed by atoms with Crippen LogP contribution >= 0.6 is 0 Å². The van der Waals surface area contributed by atoms with Crippen LogP contribution in [0.4, 0.5) is 5.69 Å². The smallest absolute Gasteiger partial charge is 0.272 e. The molecule has 1 N–H and O–H groups in total. The van der Waals surface area contributed by atoms with Gasteiger partial charge in [-0.15, -0.1) is 0 Å². The van der Waals surface area contributed by atoms with E-state index < -0.39 is 0 Å². The Morgan fingerprint density at radius 2 is 2.27 bits per heavy atom. The number of benzene rings is 1. The molecule has 1 aliphatic carbocycles. The maximum absolute atomic E-state index is 10.7. The molecule has 4 heteroatoms. The quantitative estimate of drug-likeness (QED) is 0.606. The van der Waals surface area contributed by atoms with Gasteiger partial charge in [0, 0.05) is 24.2 Å². The second-order valence-electron chi connectivity index (χ2n) is 3.97. The first-order valence-electron chi connectivity index (χ1n) is 5.15. The van der Waals surface area contributed by atoms with E-state index in [1.54, 1.807) is 12.1 Å². The SMILES string of the molecule is Cc1c(CNC2CC2)cccc1[N+](=O)[O-]. The average Bonchev–Trinajstić information content (AvgIpc) is 2.99.